The molecule has 1 fully saturated rings. The molecule has 0 saturated carbocycles. The fraction of sp³-hybridized carbons (Fsp3) is 0.438. The van der Waals surface area contributed by atoms with Gasteiger partial charge in [-0.05, 0) is 45.1 Å². The van der Waals surface area contributed by atoms with E-state index in [9.17, 15) is 4.79 Å². The molecule has 20 heavy (non-hydrogen) atoms. The van der Waals surface area contributed by atoms with Gasteiger partial charge in [-0.1, -0.05) is 24.0 Å². The number of likely N-dealkylation sites (tertiary alicyclic amines) is 1. The molecule has 0 spiro atoms. The Labute approximate surface area is 119 Å². The van der Waals surface area contributed by atoms with Gasteiger partial charge < -0.3 is 15.3 Å². The molecule has 1 amide bonds. The first-order valence-corrected chi connectivity index (χ1v) is 6.89. The molecule has 0 atom stereocenters. The number of aliphatic hydroxyl groups excluding tert-OH is 1. The van der Waals surface area contributed by atoms with Gasteiger partial charge in [-0.3, -0.25) is 4.79 Å². The number of carbonyl (C=O) groups is 1. The van der Waals surface area contributed by atoms with Crippen molar-refractivity contribution < 1.29 is 9.90 Å². The highest BCUT2D eigenvalue weighted by Crippen LogP contribution is 2.11. The summed E-state index contributed by atoms with van der Waals surface area (Å²) in [5.41, 5.74) is 1.24. The average molecular weight is 272 g/mol. The van der Waals surface area contributed by atoms with Crippen LogP contribution in [-0.4, -0.2) is 48.7 Å². The molecule has 0 aliphatic carbocycles. The molecular formula is C16H20N2O2. The van der Waals surface area contributed by atoms with Gasteiger partial charge in [0.1, 0.15) is 6.61 Å². The van der Waals surface area contributed by atoms with E-state index < -0.39 is 0 Å². The van der Waals surface area contributed by atoms with Crippen LogP contribution in [-0.2, 0) is 0 Å². The van der Waals surface area contributed by atoms with Crippen molar-refractivity contribution in [1.29, 1.82) is 0 Å². The molecule has 1 aliphatic heterocycles. The summed E-state index contributed by atoms with van der Waals surface area (Å²) in [7, 11) is 2.10. The van der Waals surface area contributed by atoms with Gasteiger partial charge in [0, 0.05) is 11.6 Å². The van der Waals surface area contributed by atoms with Crippen molar-refractivity contribution in [3.63, 3.8) is 0 Å². The van der Waals surface area contributed by atoms with E-state index in [2.05, 4.69) is 29.1 Å². The van der Waals surface area contributed by atoms with Crippen molar-refractivity contribution in [1.82, 2.24) is 10.2 Å². The van der Waals surface area contributed by atoms with E-state index in [1.165, 1.54) is 0 Å². The summed E-state index contributed by atoms with van der Waals surface area (Å²) >= 11 is 0. The van der Waals surface area contributed by atoms with Crippen molar-refractivity contribution in [3.8, 4) is 11.8 Å². The summed E-state index contributed by atoms with van der Waals surface area (Å²) in [5, 5.41) is 11.8. The highest BCUT2D eigenvalue weighted by atomic mass is 16.2. The molecule has 1 aromatic rings. The minimum atomic E-state index is -0.203. The van der Waals surface area contributed by atoms with Crippen LogP contribution >= 0.6 is 0 Å². The van der Waals surface area contributed by atoms with Gasteiger partial charge in [0.2, 0.25) is 0 Å². The number of benzene rings is 1. The number of hydrogen-bond acceptors (Lipinski definition) is 3. The minimum Gasteiger partial charge on any atom is -0.384 e. The first-order valence-electron chi connectivity index (χ1n) is 6.89. The zero-order valence-corrected chi connectivity index (χ0v) is 11.7. The van der Waals surface area contributed by atoms with Gasteiger partial charge >= 0.3 is 0 Å². The van der Waals surface area contributed by atoms with E-state index >= 15 is 0 Å². The Hall–Kier alpha value is -1.83. The van der Waals surface area contributed by atoms with Crippen LogP contribution in [0.2, 0.25) is 0 Å². The number of piperidine rings is 1. The summed E-state index contributed by atoms with van der Waals surface area (Å²) in [6.45, 7) is 1.82. The van der Waals surface area contributed by atoms with Gasteiger partial charge in [-0.25, -0.2) is 0 Å². The lowest BCUT2D eigenvalue weighted by molar-refractivity contribution is 0.0916. The third-order valence-corrected chi connectivity index (χ3v) is 3.53. The lowest BCUT2D eigenvalue weighted by Crippen LogP contribution is -2.43. The lowest BCUT2D eigenvalue weighted by Gasteiger charge is -2.29. The molecule has 0 unspecified atom stereocenters. The smallest absolute Gasteiger partial charge is 0.252 e. The van der Waals surface area contributed by atoms with E-state index in [-0.39, 0.29) is 18.6 Å². The monoisotopic (exact) mass is 272 g/mol. The van der Waals surface area contributed by atoms with Crippen molar-refractivity contribution in [2.24, 2.45) is 0 Å². The van der Waals surface area contributed by atoms with E-state index in [1.54, 1.807) is 12.1 Å². The number of nitrogens with one attached hydrogen (secondary N) is 1. The number of aliphatic hydroxyl groups is 1. The van der Waals surface area contributed by atoms with Crippen LogP contribution in [0.15, 0.2) is 24.3 Å². The fourth-order valence-electron chi connectivity index (χ4n) is 2.34. The number of carbonyl (C=O) groups excluding carboxylic acids is 1. The SMILES string of the molecule is CN1CCC(NC(=O)c2ccccc2C#CCO)CC1. The van der Waals surface area contributed by atoms with Crippen molar-refractivity contribution in [2.75, 3.05) is 26.7 Å². The first kappa shape index (κ1) is 14.6. The Kier molecular flexibility index (Phi) is 5.16. The largest absolute Gasteiger partial charge is 0.384 e. The summed E-state index contributed by atoms with van der Waals surface area (Å²) in [5.74, 6) is 5.33. The van der Waals surface area contributed by atoms with Gasteiger partial charge in [0.25, 0.3) is 5.91 Å². The summed E-state index contributed by atoms with van der Waals surface area (Å²) in [6, 6.07) is 7.47. The van der Waals surface area contributed by atoms with Crippen LogP contribution in [0, 0.1) is 11.8 Å². The van der Waals surface area contributed by atoms with Gasteiger partial charge in [-0.15, -0.1) is 0 Å². The molecule has 106 valence electrons. The Morgan fingerprint density at radius 3 is 2.80 bits per heavy atom. The third-order valence-electron chi connectivity index (χ3n) is 3.53. The van der Waals surface area contributed by atoms with Crippen LogP contribution in [0.5, 0.6) is 0 Å². The fourth-order valence-corrected chi connectivity index (χ4v) is 2.34. The number of nitrogens with zero attached hydrogens (tertiary/aromatic N) is 1. The zero-order valence-electron chi connectivity index (χ0n) is 11.7. The zero-order chi connectivity index (χ0) is 14.4. The molecule has 4 nitrogen and oxygen atoms in total. The van der Waals surface area contributed by atoms with Gasteiger partial charge in [-0.2, -0.15) is 0 Å². The normalized spacial score (nSPS) is 16.3. The number of rotatable bonds is 2. The van der Waals surface area contributed by atoms with Crippen LogP contribution in [0.3, 0.4) is 0 Å². The van der Waals surface area contributed by atoms with Crippen molar-refractivity contribution >= 4 is 5.91 Å². The molecule has 1 heterocycles. The Balaban J connectivity index is 2.05. The molecule has 0 bridgehead atoms. The topological polar surface area (TPSA) is 52.6 Å². The van der Waals surface area contributed by atoms with Gasteiger partial charge in [0.15, 0.2) is 0 Å². The van der Waals surface area contributed by atoms with Crippen LogP contribution in [0.1, 0.15) is 28.8 Å². The minimum absolute atomic E-state index is 0.0811. The average Bonchev–Trinajstić information content (AvgIpc) is 2.47. The Bertz CT molecular complexity index is 523. The van der Waals surface area contributed by atoms with Crippen LogP contribution in [0.4, 0.5) is 0 Å². The van der Waals surface area contributed by atoms with Crippen molar-refractivity contribution in [3.05, 3.63) is 35.4 Å². The molecule has 4 heteroatoms. The quantitative estimate of drug-likeness (QED) is 0.785. The highest BCUT2D eigenvalue weighted by Gasteiger charge is 2.19. The van der Waals surface area contributed by atoms with E-state index in [1.807, 2.05) is 12.1 Å². The molecule has 1 saturated heterocycles. The van der Waals surface area contributed by atoms with Crippen LogP contribution in [0.25, 0.3) is 0 Å². The van der Waals surface area contributed by atoms with Crippen LogP contribution < -0.4 is 5.32 Å². The van der Waals surface area contributed by atoms with E-state index in [0.29, 0.717) is 11.1 Å². The summed E-state index contributed by atoms with van der Waals surface area (Å²) in [6.07, 6.45) is 1.96. The molecule has 2 N–H and O–H groups in total. The third kappa shape index (κ3) is 3.83. The molecule has 1 aliphatic rings. The number of hydrogen-bond donors (Lipinski definition) is 2. The second-order valence-corrected chi connectivity index (χ2v) is 5.06. The molecule has 2 rings (SSSR count). The standard InChI is InChI=1S/C16H20N2O2/c1-18-10-8-14(9-11-18)17-16(20)15-7-3-2-5-13(15)6-4-12-19/h2-3,5,7,14,19H,8-12H2,1H3,(H,17,20). The molecule has 1 aromatic carbocycles. The number of amides is 1. The van der Waals surface area contributed by atoms with Gasteiger partial charge in [0.05, 0.1) is 5.56 Å². The lowest BCUT2D eigenvalue weighted by atomic mass is 10.0. The maximum Gasteiger partial charge on any atom is 0.252 e. The maximum absolute atomic E-state index is 12.3. The highest BCUT2D eigenvalue weighted by molar-refractivity contribution is 5.96. The first-order chi connectivity index (χ1) is 9.70. The summed E-state index contributed by atoms with van der Waals surface area (Å²) in [4.78, 5) is 14.6. The van der Waals surface area contributed by atoms with E-state index in [4.69, 9.17) is 5.11 Å². The predicted molar refractivity (Wildman–Crippen MR) is 78.4 cm³/mol. The second kappa shape index (κ2) is 7.09. The van der Waals surface area contributed by atoms with Crippen molar-refractivity contribution in [2.45, 2.75) is 18.9 Å². The second-order valence-electron chi connectivity index (χ2n) is 5.06. The maximum atomic E-state index is 12.3. The predicted octanol–water partition coefficient (Wildman–Crippen LogP) is 0.854. The molecule has 0 aromatic heterocycles. The van der Waals surface area contributed by atoms with E-state index in [0.717, 1.165) is 25.9 Å². The molecular weight excluding hydrogens is 252 g/mol. The Morgan fingerprint density at radius 2 is 2.10 bits per heavy atom. The Morgan fingerprint density at radius 1 is 1.40 bits per heavy atom. The summed E-state index contributed by atoms with van der Waals surface area (Å²) < 4.78 is 0. The molecule has 0 radical (unpaired) electrons.